The lowest BCUT2D eigenvalue weighted by molar-refractivity contribution is -0.144. The third-order valence-corrected chi connectivity index (χ3v) is 4.25. The maximum atomic E-state index is 12.1. The van der Waals surface area contributed by atoms with Crippen molar-refractivity contribution in [2.45, 2.75) is 57.6 Å². The molecular weight excluding hydrogens is 246 g/mol. The summed E-state index contributed by atoms with van der Waals surface area (Å²) < 4.78 is 5.37. The van der Waals surface area contributed by atoms with Gasteiger partial charge < -0.3 is 15.2 Å². The summed E-state index contributed by atoms with van der Waals surface area (Å²) in [6, 6.07) is -0.733. The van der Waals surface area contributed by atoms with Crippen molar-refractivity contribution in [3.05, 3.63) is 0 Å². The van der Waals surface area contributed by atoms with E-state index in [0.717, 1.165) is 25.7 Å². The van der Waals surface area contributed by atoms with Gasteiger partial charge >= 0.3 is 5.97 Å². The fourth-order valence-corrected chi connectivity index (χ4v) is 3.12. The van der Waals surface area contributed by atoms with E-state index in [0.29, 0.717) is 13.0 Å². The van der Waals surface area contributed by atoms with Crippen molar-refractivity contribution in [1.29, 1.82) is 0 Å². The number of carboxylic acids is 1. The van der Waals surface area contributed by atoms with E-state index in [4.69, 9.17) is 4.74 Å². The summed E-state index contributed by atoms with van der Waals surface area (Å²) in [7, 11) is 0. The maximum Gasteiger partial charge on any atom is 0.326 e. The molecule has 5 heteroatoms. The van der Waals surface area contributed by atoms with E-state index in [9.17, 15) is 14.7 Å². The lowest BCUT2D eigenvalue weighted by atomic mass is 9.83. The molecule has 3 atom stereocenters. The van der Waals surface area contributed by atoms with E-state index in [1.54, 1.807) is 0 Å². The topological polar surface area (TPSA) is 75.6 Å². The molecule has 1 amide bonds. The zero-order valence-corrected chi connectivity index (χ0v) is 11.4. The number of amides is 1. The number of carbonyl (C=O) groups is 2. The average molecular weight is 269 g/mol. The second-order valence-electron chi connectivity index (χ2n) is 5.80. The molecule has 2 fully saturated rings. The van der Waals surface area contributed by atoms with Crippen LogP contribution in [-0.2, 0) is 14.3 Å². The summed E-state index contributed by atoms with van der Waals surface area (Å²) in [5.74, 6) is -1.19. The quantitative estimate of drug-likeness (QED) is 0.812. The highest BCUT2D eigenvalue weighted by molar-refractivity contribution is 5.85. The Hall–Kier alpha value is -1.10. The predicted octanol–water partition coefficient (Wildman–Crippen LogP) is 1.56. The van der Waals surface area contributed by atoms with Crippen LogP contribution in [-0.4, -0.2) is 35.7 Å². The maximum absolute atomic E-state index is 12.1. The number of carbonyl (C=O) groups excluding carboxylic acids is 1. The summed E-state index contributed by atoms with van der Waals surface area (Å²) in [4.78, 5) is 23.5. The zero-order chi connectivity index (χ0) is 13.8. The largest absolute Gasteiger partial charge is 0.480 e. The molecule has 108 valence electrons. The first-order valence-electron chi connectivity index (χ1n) is 7.22. The third kappa shape index (κ3) is 3.69. The van der Waals surface area contributed by atoms with Gasteiger partial charge in [-0.25, -0.2) is 4.79 Å². The highest BCUT2D eigenvalue weighted by atomic mass is 16.5. The summed E-state index contributed by atoms with van der Waals surface area (Å²) in [6.07, 6.45) is 5.87. The van der Waals surface area contributed by atoms with Crippen molar-refractivity contribution < 1.29 is 19.4 Å². The third-order valence-electron chi connectivity index (χ3n) is 4.25. The van der Waals surface area contributed by atoms with Crippen LogP contribution in [0.15, 0.2) is 0 Å². The van der Waals surface area contributed by atoms with Crippen molar-refractivity contribution in [1.82, 2.24) is 5.32 Å². The molecule has 0 aromatic carbocycles. The van der Waals surface area contributed by atoms with Gasteiger partial charge in [-0.1, -0.05) is 19.3 Å². The normalized spacial score (nSPS) is 29.9. The van der Waals surface area contributed by atoms with Crippen molar-refractivity contribution in [2.24, 2.45) is 11.8 Å². The van der Waals surface area contributed by atoms with Gasteiger partial charge in [0.15, 0.2) is 0 Å². The van der Waals surface area contributed by atoms with Crippen LogP contribution in [0.3, 0.4) is 0 Å². The molecule has 1 saturated heterocycles. The molecule has 0 bridgehead atoms. The monoisotopic (exact) mass is 269 g/mol. The number of carboxylic acid groups (broad SMARTS) is 1. The Kier molecular flexibility index (Phi) is 4.80. The Bertz CT molecular complexity index is 338. The molecule has 2 rings (SSSR count). The Morgan fingerprint density at radius 1 is 1.26 bits per heavy atom. The van der Waals surface area contributed by atoms with Gasteiger partial charge in [0.2, 0.25) is 5.91 Å². The van der Waals surface area contributed by atoms with Gasteiger partial charge in [0.1, 0.15) is 6.04 Å². The standard InChI is InChI=1S/C14H23NO4/c1-9-7-11(8-19-9)13(16)15-12(14(17)18)10-5-3-2-4-6-10/h9-12H,2-8H2,1H3,(H,15,16)(H,17,18). The van der Waals surface area contributed by atoms with Crippen LogP contribution < -0.4 is 5.32 Å². The molecular formula is C14H23NO4. The second kappa shape index (κ2) is 6.37. The molecule has 1 heterocycles. The summed E-state index contributed by atoms with van der Waals surface area (Å²) in [5.41, 5.74) is 0. The molecule has 3 unspecified atom stereocenters. The van der Waals surface area contributed by atoms with E-state index < -0.39 is 12.0 Å². The number of nitrogens with one attached hydrogen (secondary N) is 1. The number of rotatable bonds is 4. The predicted molar refractivity (Wildman–Crippen MR) is 69.7 cm³/mol. The summed E-state index contributed by atoms with van der Waals surface area (Å²) in [6.45, 7) is 2.34. The van der Waals surface area contributed by atoms with E-state index in [2.05, 4.69) is 5.32 Å². The first kappa shape index (κ1) is 14.3. The first-order valence-corrected chi connectivity index (χ1v) is 7.22. The van der Waals surface area contributed by atoms with Gasteiger partial charge in [0.25, 0.3) is 0 Å². The first-order chi connectivity index (χ1) is 9.08. The van der Waals surface area contributed by atoms with Gasteiger partial charge in [-0.2, -0.15) is 0 Å². The van der Waals surface area contributed by atoms with Crippen molar-refractivity contribution in [3.63, 3.8) is 0 Å². The molecule has 2 aliphatic rings. The van der Waals surface area contributed by atoms with Gasteiger partial charge in [-0.3, -0.25) is 4.79 Å². The summed E-state index contributed by atoms with van der Waals surface area (Å²) >= 11 is 0. The molecule has 1 aliphatic carbocycles. The lowest BCUT2D eigenvalue weighted by Gasteiger charge is -2.28. The highest BCUT2D eigenvalue weighted by Gasteiger charge is 2.34. The Labute approximate surface area is 113 Å². The molecule has 5 nitrogen and oxygen atoms in total. The minimum Gasteiger partial charge on any atom is -0.480 e. The van der Waals surface area contributed by atoms with Crippen LogP contribution in [0.2, 0.25) is 0 Å². The van der Waals surface area contributed by atoms with E-state index in [1.165, 1.54) is 6.42 Å². The minimum absolute atomic E-state index is 0.0787. The zero-order valence-electron chi connectivity index (χ0n) is 11.4. The Morgan fingerprint density at radius 2 is 1.95 bits per heavy atom. The number of aliphatic carboxylic acids is 1. The molecule has 0 aromatic rings. The van der Waals surface area contributed by atoms with Crippen LogP contribution in [0.1, 0.15) is 45.4 Å². The SMILES string of the molecule is CC1CC(C(=O)NC(C(=O)O)C2CCCCC2)CO1. The minimum atomic E-state index is -0.910. The molecule has 2 N–H and O–H groups in total. The fraction of sp³-hybridized carbons (Fsp3) is 0.857. The van der Waals surface area contributed by atoms with Crippen LogP contribution in [0.4, 0.5) is 0 Å². The van der Waals surface area contributed by atoms with E-state index >= 15 is 0 Å². The highest BCUT2D eigenvalue weighted by Crippen LogP contribution is 2.27. The number of ether oxygens (including phenoxy) is 1. The van der Waals surface area contributed by atoms with Crippen LogP contribution in [0.25, 0.3) is 0 Å². The van der Waals surface area contributed by atoms with Crippen LogP contribution >= 0.6 is 0 Å². The fourth-order valence-electron chi connectivity index (χ4n) is 3.12. The van der Waals surface area contributed by atoms with Gasteiger partial charge in [0.05, 0.1) is 18.6 Å². The van der Waals surface area contributed by atoms with Crippen LogP contribution in [0, 0.1) is 11.8 Å². The second-order valence-corrected chi connectivity index (χ2v) is 5.80. The van der Waals surface area contributed by atoms with E-state index in [1.807, 2.05) is 6.92 Å². The van der Waals surface area contributed by atoms with E-state index in [-0.39, 0.29) is 23.8 Å². The van der Waals surface area contributed by atoms with Crippen molar-refractivity contribution in [3.8, 4) is 0 Å². The van der Waals surface area contributed by atoms with Crippen molar-refractivity contribution >= 4 is 11.9 Å². The van der Waals surface area contributed by atoms with Gasteiger partial charge in [-0.15, -0.1) is 0 Å². The smallest absolute Gasteiger partial charge is 0.326 e. The Balaban J connectivity index is 1.92. The van der Waals surface area contributed by atoms with Crippen LogP contribution in [0.5, 0.6) is 0 Å². The van der Waals surface area contributed by atoms with Gasteiger partial charge in [-0.05, 0) is 32.1 Å². The van der Waals surface area contributed by atoms with Crippen molar-refractivity contribution in [2.75, 3.05) is 6.61 Å². The lowest BCUT2D eigenvalue weighted by Crippen LogP contribution is -2.48. The summed E-state index contributed by atoms with van der Waals surface area (Å²) in [5, 5.41) is 12.1. The molecule has 1 saturated carbocycles. The molecule has 19 heavy (non-hydrogen) atoms. The number of hydrogen-bond donors (Lipinski definition) is 2. The Morgan fingerprint density at radius 3 is 2.47 bits per heavy atom. The molecule has 1 aliphatic heterocycles. The average Bonchev–Trinajstić information content (AvgIpc) is 2.83. The molecule has 0 radical (unpaired) electrons. The molecule has 0 spiro atoms. The number of hydrogen-bond acceptors (Lipinski definition) is 3. The molecule has 0 aromatic heterocycles. The van der Waals surface area contributed by atoms with Gasteiger partial charge in [0, 0.05) is 0 Å².